The number of thioether (sulfide) groups is 1. The van der Waals surface area contributed by atoms with E-state index in [1.165, 1.54) is 23.9 Å². The van der Waals surface area contributed by atoms with Crippen molar-refractivity contribution in [3.05, 3.63) is 64.9 Å². The number of benzene rings is 2. The molecule has 2 aromatic carbocycles. The van der Waals surface area contributed by atoms with E-state index in [9.17, 15) is 14.0 Å². The zero-order chi connectivity index (χ0) is 21.1. The highest BCUT2D eigenvalue weighted by molar-refractivity contribution is 8.00. The van der Waals surface area contributed by atoms with E-state index in [1.807, 2.05) is 40.1 Å². The number of carbonyl (C=O) groups is 2. The van der Waals surface area contributed by atoms with Gasteiger partial charge in [-0.25, -0.2) is 9.18 Å². The molecule has 0 bridgehead atoms. The Morgan fingerprint density at radius 1 is 1.17 bits per heavy atom. The molecule has 1 atom stereocenters. The van der Waals surface area contributed by atoms with Crippen LogP contribution in [0.15, 0.2) is 53.4 Å². The van der Waals surface area contributed by atoms with E-state index >= 15 is 0 Å². The molecule has 5 nitrogen and oxygen atoms in total. The Kier molecular flexibility index (Phi) is 6.49. The molecule has 2 heterocycles. The van der Waals surface area contributed by atoms with E-state index in [0.29, 0.717) is 42.5 Å². The number of nitrogens with zero attached hydrogens (tertiary/aromatic N) is 2. The molecule has 2 amide bonds. The smallest absolute Gasteiger partial charge is 0.410 e. The second kappa shape index (κ2) is 9.27. The summed E-state index contributed by atoms with van der Waals surface area (Å²) in [4.78, 5) is 29.3. The minimum Gasteiger partial charge on any atom is -0.447 e. The minimum absolute atomic E-state index is 0.0162. The minimum atomic E-state index is -0.396. The summed E-state index contributed by atoms with van der Waals surface area (Å²) in [5, 5.41) is 0.311. The molecule has 0 spiro atoms. The molecule has 0 aromatic heterocycles. The van der Waals surface area contributed by atoms with Crippen LogP contribution in [-0.2, 0) is 9.53 Å². The van der Waals surface area contributed by atoms with Crippen molar-refractivity contribution >= 4 is 35.4 Å². The third-order valence-corrected chi connectivity index (χ3v) is 7.03. The van der Waals surface area contributed by atoms with Gasteiger partial charge < -0.3 is 9.64 Å². The van der Waals surface area contributed by atoms with E-state index in [1.54, 1.807) is 6.07 Å². The van der Waals surface area contributed by atoms with Gasteiger partial charge in [0.15, 0.2) is 0 Å². The van der Waals surface area contributed by atoms with Gasteiger partial charge >= 0.3 is 6.09 Å². The summed E-state index contributed by atoms with van der Waals surface area (Å²) in [5.74, 6) is -0.136. The van der Waals surface area contributed by atoms with Gasteiger partial charge in [0, 0.05) is 24.0 Å². The number of halogens is 2. The second-order valence-corrected chi connectivity index (χ2v) is 8.81. The van der Waals surface area contributed by atoms with E-state index in [0.717, 1.165) is 5.56 Å². The molecule has 158 valence electrons. The van der Waals surface area contributed by atoms with E-state index in [2.05, 4.69) is 0 Å². The molecule has 0 N–H and O–H groups in total. The summed E-state index contributed by atoms with van der Waals surface area (Å²) < 4.78 is 18.5. The Morgan fingerprint density at radius 3 is 2.60 bits per heavy atom. The van der Waals surface area contributed by atoms with E-state index < -0.39 is 5.82 Å². The van der Waals surface area contributed by atoms with Crippen LogP contribution >= 0.6 is 23.4 Å². The van der Waals surface area contributed by atoms with Gasteiger partial charge in [0.05, 0.1) is 16.8 Å². The Balaban J connectivity index is 1.33. The van der Waals surface area contributed by atoms with Gasteiger partial charge in [-0.05, 0) is 36.6 Å². The molecule has 0 saturated carbocycles. The van der Waals surface area contributed by atoms with Gasteiger partial charge in [-0.3, -0.25) is 9.69 Å². The van der Waals surface area contributed by atoms with Crippen molar-refractivity contribution in [2.75, 3.05) is 25.4 Å². The first-order valence-corrected chi connectivity index (χ1v) is 11.2. The number of cyclic esters (lactones) is 1. The first-order chi connectivity index (χ1) is 14.5. The van der Waals surface area contributed by atoms with Crippen molar-refractivity contribution in [3.63, 3.8) is 0 Å². The molecule has 8 heteroatoms. The van der Waals surface area contributed by atoms with Gasteiger partial charge in [0.1, 0.15) is 12.4 Å². The zero-order valence-corrected chi connectivity index (χ0v) is 17.9. The summed E-state index contributed by atoms with van der Waals surface area (Å²) in [6, 6.07) is 14.0. The molecule has 0 radical (unpaired) electrons. The number of piperidine rings is 1. The zero-order valence-electron chi connectivity index (χ0n) is 16.3. The lowest BCUT2D eigenvalue weighted by Gasteiger charge is -2.38. The van der Waals surface area contributed by atoms with Crippen LogP contribution in [0.25, 0.3) is 0 Å². The molecule has 2 aliphatic heterocycles. The molecule has 2 aromatic rings. The maximum atomic E-state index is 13.2. The molecule has 2 aliphatic rings. The molecular weight excluding hydrogens is 427 g/mol. The number of likely N-dealkylation sites (tertiary alicyclic amines) is 1. The maximum absolute atomic E-state index is 13.2. The van der Waals surface area contributed by atoms with E-state index in [4.69, 9.17) is 16.3 Å². The van der Waals surface area contributed by atoms with Gasteiger partial charge in [-0.15, -0.1) is 11.8 Å². The number of hydrogen-bond acceptors (Lipinski definition) is 4. The number of rotatable bonds is 5. The lowest BCUT2D eigenvalue weighted by atomic mass is 9.99. The second-order valence-electron chi connectivity index (χ2n) is 7.39. The molecular formula is C22H22ClFN2O3S. The maximum Gasteiger partial charge on any atom is 0.410 e. The predicted molar refractivity (Wildman–Crippen MR) is 114 cm³/mol. The van der Waals surface area contributed by atoms with Crippen molar-refractivity contribution < 1.29 is 18.7 Å². The normalized spacial score (nSPS) is 19.8. The third-order valence-electron chi connectivity index (χ3n) is 5.55. The van der Waals surface area contributed by atoms with Crippen LogP contribution in [0.2, 0.25) is 5.02 Å². The Morgan fingerprint density at radius 2 is 1.90 bits per heavy atom. The highest BCUT2D eigenvalue weighted by Crippen LogP contribution is 2.33. The number of carbonyl (C=O) groups excluding carboxylic acids is 2. The summed E-state index contributed by atoms with van der Waals surface area (Å²) in [6.07, 6.45) is 1.15. The van der Waals surface area contributed by atoms with Gasteiger partial charge in [0.25, 0.3) is 0 Å². The Hall–Kier alpha value is -2.25. The van der Waals surface area contributed by atoms with E-state index in [-0.39, 0.29) is 29.8 Å². The highest BCUT2D eigenvalue weighted by Gasteiger charge is 2.40. The lowest BCUT2D eigenvalue weighted by Crippen LogP contribution is -2.48. The van der Waals surface area contributed by atoms with Crippen LogP contribution in [0.4, 0.5) is 9.18 Å². The van der Waals surface area contributed by atoms with Crippen LogP contribution < -0.4 is 0 Å². The first-order valence-electron chi connectivity index (χ1n) is 9.88. The van der Waals surface area contributed by atoms with Crippen molar-refractivity contribution in [1.82, 2.24) is 9.80 Å². The summed E-state index contributed by atoms with van der Waals surface area (Å²) in [5.41, 5.74) is 1.06. The topological polar surface area (TPSA) is 49.9 Å². The van der Waals surface area contributed by atoms with Crippen molar-refractivity contribution in [2.24, 2.45) is 0 Å². The van der Waals surface area contributed by atoms with Gasteiger partial charge in [-0.2, -0.15) is 0 Å². The monoisotopic (exact) mass is 448 g/mol. The third kappa shape index (κ3) is 4.57. The Bertz CT molecular complexity index is 922. The fourth-order valence-electron chi connectivity index (χ4n) is 3.98. The number of ether oxygens (including phenoxy) is 1. The highest BCUT2D eigenvalue weighted by atomic mass is 35.5. The average molecular weight is 449 g/mol. The van der Waals surface area contributed by atoms with Crippen molar-refractivity contribution in [3.8, 4) is 0 Å². The fourth-order valence-corrected chi connectivity index (χ4v) is 5.14. The number of hydrogen-bond donors (Lipinski definition) is 0. The lowest BCUT2D eigenvalue weighted by molar-refractivity contribution is -0.129. The SMILES string of the molecule is O=C(CSc1ccc(F)cc1Cl)N1CCC(N2C(=O)OCC2c2ccccc2)CC1. The summed E-state index contributed by atoms with van der Waals surface area (Å²) in [7, 11) is 0. The first kappa shape index (κ1) is 21.0. The van der Waals surface area contributed by atoms with Crippen LogP contribution in [0.3, 0.4) is 0 Å². The molecule has 2 saturated heterocycles. The standard InChI is InChI=1S/C22H22ClFN2O3S/c23-18-12-16(24)6-7-20(18)30-14-21(27)25-10-8-17(9-11-25)26-19(13-29-22(26)28)15-4-2-1-3-5-15/h1-7,12,17,19H,8-11,13-14H2. The quantitative estimate of drug-likeness (QED) is 0.619. The van der Waals surface area contributed by atoms with Crippen LogP contribution in [0.5, 0.6) is 0 Å². The Labute approximate surface area is 184 Å². The van der Waals surface area contributed by atoms with Gasteiger partial charge in [0.2, 0.25) is 5.91 Å². The average Bonchev–Trinajstić information content (AvgIpc) is 3.15. The van der Waals surface area contributed by atoms with Crippen LogP contribution in [0, 0.1) is 5.82 Å². The van der Waals surface area contributed by atoms with Gasteiger partial charge in [-0.1, -0.05) is 41.9 Å². The van der Waals surface area contributed by atoms with Crippen LogP contribution in [-0.4, -0.2) is 53.3 Å². The molecule has 4 rings (SSSR count). The van der Waals surface area contributed by atoms with Crippen molar-refractivity contribution in [2.45, 2.75) is 29.8 Å². The molecule has 2 fully saturated rings. The van der Waals surface area contributed by atoms with Crippen molar-refractivity contribution in [1.29, 1.82) is 0 Å². The largest absolute Gasteiger partial charge is 0.447 e. The molecule has 30 heavy (non-hydrogen) atoms. The fraction of sp³-hybridized carbons (Fsp3) is 0.364. The van der Waals surface area contributed by atoms with Crippen LogP contribution in [0.1, 0.15) is 24.4 Å². The molecule has 0 aliphatic carbocycles. The molecule has 1 unspecified atom stereocenters. The number of amides is 2. The summed E-state index contributed by atoms with van der Waals surface area (Å²) >= 11 is 7.34. The summed E-state index contributed by atoms with van der Waals surface area (Å²) in [6.45, 7) is 1.54. The predicted octanol–water partition coefficient (Wildman–Crippen LogP) is 4.76.